The second kappa shape index (κ2) is 4.35. The average Bonchev–Trinajstić information content (AvgIpc) is 2.06. The zero-order chi connectivity index (χ0) is 8.10. The minimum Gasteiger partial charge on any atom is -0.312 e. The van der Waals surface area contributed by atoms with Crippen LogP contribution in [0.4, 0.5) is 0 Å². The summed E-state index contributed by atoms with van der Waals surface area (Å²) < 4.78 is 0. The van der Waals surface area contributed by atoms with Gasteiger partial charge in [0, 0.05) is 6.54 Å². The van der Waals surface area contributed by atoms with Crippen molar-refractivity contribution in [2.45, 2.75) is 26.7 Å². The Labute approximate surface area is 69.2 Å². The number of hydrogen-bond donors (Lipinski definition) is 1. The highest BCUT2D eigenvalue weighted by Gasteiger charge is 2.08. The second-order valence-corrected chi connectivity index (χ2v) is 2.88. The maximum Gasteiger partial charge on any atom is 0.0204 e. The second-order valence-electron chi connectivity index (χ2n) is 2.88. The minimum absolute atomic E-state index is 1.06. The third kappa shape index (κ3) is 2.19. The maximum absolute atomic E-state index is 3.37. The summed E-state index contributed by atoms with van der Waals surface area (Å²) in [5.41, 5.74) is 3.03. The molecule has 0 aromatic carbocycles. The molecule has 0 aromatic heterocycles. The lowest BCUT2D eigenvalue weighted by Gasteiger charge is -2.19. The zero-order valence-corrected chi connectivity index (χ0v) is 7.48. The van der Waals surface area contributed by atoms with Crippen molar-refractivity contribution in [3.63, 3.8) is 0 Å². The molecule has 0 bridgehead atoms. The molecule has 0 amide bonds. The van der Waals surface area contributed by atoms with Crippen molar-refractivity contribution in [1.29, 1.82) is 0 Å². The van der Waals surface area contributed by atoms with Crippen LogP contribution < -0.4 is 5.32 Å². The van der Waals surface area contributed by atoms with Crippen LogP contribution in [-0.4, -0.2) is 13.1 Å². The van der Waals surface area contributed by atoms with E-state index in [-0.39, 0.29) is 0 Å². The van der Waals surface area contributed by atoms with Gasteiger partial charge in [0.05, 0.1) is 0 Å². The van der Waals surface area contributed by atoms with Crippen LogP contribution in [0.3, 0.4) is 0 Å². The van der Waals surface area contributed by atoms with E-state index >= 15 is 0 Å². The van der Waals surface area contributed by atoms with Gasteiger partial charge in [-0.1, -0.05) is 19.1 Å². The first-order valence-corrected chi connectivity index (χ1v) is 4.43. The standard InChI is InChI=1S/C10H17N/c1-3-5-10-6-7-11-8-9(10)4-2/h4-5,11H,3,6-8H2,1-2H3. The zero-order valence-electron chi connectivity index (χ0n) is 7.48. The Morgan fingerprint density at radius 2 is 2.27 bits per heavy atom. The molecule has 0 aliphatic carbocycles. The molecule has 1 rings (SSSR count). The molecule has 1 aliphatic heterocycles. The summed E-state index contributed by atoms with van der Waals surface area (Å²) in [7, 11) is 0. The summed E-state index contributed by atoms with van der Waals surface area (Å²) in [4.78, 5) is 0. The predicted molar refractivity (Wildman–Crippen MR) is 49.6 cm³/mol. The molecule has 1 aliphatic rings. The van der Waals surface area contributed by atoms with Crippen molar-refractivity contribution in [3.8, 4) is 0 Å². The van der Waals surface area contributed by atoms with Gasteiger partial charge < -0.3 is 5.32 Å². The molecule has 0 spiro atoms. The van der Waals surface area contributed by atoms with Crippen molar-refractivity contribution < 1.29 is 0 Å². The highest BCUT2D eigenvalue weighted by Crippen LogP contribution is 2.17. The molecule has 1 saturated heterocycles. The summed E-state index contributed by atoms with van der Waals surface area (Å²) in [5.74, 6) is 0. The van der Waals surface area contributed by atoms with Crippen LogP contribution in [0.25, 0.3) is 0 Å². The monoisotopic (exact) mass is 151 g/mol. The quantitative estimate of drug-likeness (QED) is 0.606. The smallest absolute Gasteiger partial charge is 0.0204 e. The third-order valence-electron chi connectivity index (χ3n) is 2.10. The number of piperidine rings is 1. The van der Waals surface area contributed by atoms with Crippen LogP contribution in [0.2, 0.25) is 0 Å². The topological polar surface area (TPSA) is 12.0 Å². The molecule has 1 heterocycles. The molecule has 0 atom stereocenters. The van der Waals surface area contributed by atoms with E-state index < -0.39 is 0 Å². The molecule has 1 nitrogen and oxygen atoms in total. The van der Waals surface area contributed by atoms with Gasteiger partial charge in [-0.2, -0.15) is 0 Å². The first-order valence-electron chi connectivity index (χ1n) is 4.43. The van der Waals surface area contributed by atoms with Crippen molar-refractivity contribution in [2.24, 2.45) is 0 Å². The molecule has 0 radical (unpaired) electrons. The van der Waals surface area contributed by atoms with Crippen molar-refractivity contribution >= 4 is 0 Å². The lowest BCUT2D eigenvalue weighted by Crippen LogP contribution is -2.25. The van der Waals surface area contributed by atoms with Crippen LogP contribution in [0.15, 0.2) is 23.3 Å². The SMILES string of the molecule is CC=C1CNCCC1=CCC. The summed E-state index contributed by atoms with van der Waals surface area (Å²) >= 11 is 0. The summed E-state index contributed by atoms with van der Waals surface area (Å²) in [6.45, 7) is 6.51. The molecule has 1 fully saturated rings. The van der Waals surface area contributed by atoms with Crippen molar-refractivity contribution in [3.05, 3.63) is 23.3 Å². The average molecular weight is 151 g/mol. The Bertz CT molecular complexity index is 177. The highest BCUT2D eigenvalue weighted by atomic mass is 14.9. The van der Waals surface area contributed by atoms with Gasteiger partial charge in [0.1, 0.15) is 0 Å². The molecule has 1 N–H and O–H groups in total. The Balaban J connectivity index is 2.67. The molecule has 11 heavy (non-hydrogen) atoms. The van der Waals surface area contributed by atoms with Crippen molar-refractivity contribution in [2.75, 3.05) is 13.1 Å². The normalized spacial score (nSPS) is 26.4. The van der Waals surface area contributed by atoms with Crippen molar-refractivity contribution in [1.82, 2.24) is 5.32 Å². The van der Waals surface area contributed by atoms with Gasteiger partial charge >= 0.3 is 0 Å². The molecular formula is C10H17N. The Hall–Kier alpha value is -0.560. The lowest BCUT2D eigenvalue weighted by atomic mass is 9.98. The van der Waals surface area contributed by atoms with Crippen LogP contribution in [-0.2, 0) is 0 Å². The van der Waals surface area contributed by atoms with E-state index in [9.17, 15) is 0 Å². The van der Waals surface area contributed by atoms with E-state index in [1.807, 2.05) is 0 Å². The van der Waals surface area contributed by atoms with Crippen LogP contribution in [0, 0.1) is 0 Å². The molecule has 1 heteroatoms. The lowest BCUT2D eigenvalue weighted by molar-refractivity contribution is 0.679. The first-order chi connectivity index (χ1) is 5.38. The van der Waals surface area contributed by atoms with Gasteiger partial charge in [0.15, 0.2) is 0 Å². The number of rotatable bonds is 1. The summed E-state index contributed by atoms with van der Waals surface area (Å²) in [6.07, 6.45) is 6.92. The molecule has 62 valence electrons. The molecule has 0 aromatic rings. The van der Waals surface area contributed by atoms with Gasteiger partial charge in [-0.15, -0.1) is 0 Å². The number of nitrogens with one attached hydrogen (secondary N) is 1. The summed E-state index contributed by atoms with van der Waals surface area (Å²) in [5, 5.41) is 3.37. The fourth-order valence-corrected chi connectivity index (χ4v) is 1.49. The van der Waals surface area contributed by atoms with Gasteiger partial charge in [-0.05, 0) is 37.5 Å². The Morgan fingerprint density at radius 3 is 2.91 bits per heavy atom. The minimum atomic E-state index is 1.06. The van der Waals surface area contributed by atoms with E-state index in [0.717, 1.165) is 19.5 Å². The predicted octanol–water partition coefficient (Wildman–Crippen LogP) is 2.26. The number of hydrogen-bond acceptors (Lipinski definition) is 1. The van der Waals surface area contributed by atoms with Gasteiger partial charge in [-0.3, -0.25) is 0 Å². The molecule has 0 unspecified atom stereocenters. The van der Waals surface area contributed by atoms with E-state index in [1.165, 1.54) is 12.0 Å². The van der Waals surface area contributed by atoms with E-state index in [1.54, 1.807) is 5.57 Å². The van der Waals surface area contributed by atoms with Gasteiger partial charge in [-0.25, -0.2) is 0 Å². The first kappa shape index (κ1) is 8.54. The van der Waals surface area contributed by atoms with Gasteiger partial charge in [0.2, 0.25) is 0 Å². The maximum atomic E-state index is 3.37. The Kier molecular flexibility index (Phi) is 3.37. The fraction of sp³-hybridized carbons (Fsp3) is 0.600. The highest BCUT2D eigenvalue weighted by molar-refractivity contribution is 5.33. The molecule has 0 saturated carbocycles. The van der Waals surface area contributed by atoms with Crippen LogP contribution in [0.1, 0.15) is 26.7 Å². The third-order valence-corrected chi connectivity index (χ3v) is 2.10. The Morgan fingerprint density at radius 1 is 1.45 bits per heavy atom. The van der Waals surface area contributed by atoms with E-state index in [4.69, 9.17) is 0 Å². The van der Waals surface area contributed by atoms with E-state index in [2.05, 4.69) is 31.3 Å². The van der Waals surface area contributed by atoms with Crippen LogP contribution in [0.5, 0.6) is 0 Å². The largest absolute Gasteiger partial charge is 0.312 e. The van der Waals surface area contributed by atoms with Gasteiger partial charge in [0.25, 0.3) is 0 Å². The van der Waals surface area contributed by atoms with Crippen LogP contribution >= 0.6 is 0 Å². The molecular weight excluding hydrogens is 134 g/mol. The van der Waals surface area contributed by atoms with E-state index in [0.29, 0.717) is 0 Å². The number of allylic oxidation sites excluding steroid dienone is 2. The summed E-state index contributed by atoms with van der Waals surface area (Å²) in [6, 6.07) is 0. The fourth-order valence-electron chi connectivity index (χ4n) is 1.49.